The highest BCUT2D eigenvalue weighted by Gasteiger charge is 2.44. The molecule has 1 aromatic heterocycles. The van der Waals surface area contributed by atoms with Gasteiger partial charge in [-0.05, 0) is 19.4 Å². The van der Waals surface area contributed by atoms with E-state index < -0.39 is 45.9 Å². The van der Waals surface area contributed by atoms with Crippen molar-refractivity contribution in [1.29, 1.82) is 0 Å². The van der Waals surface area contributed by atoms with Crippen molar-refractivity contribution in [3.63, 3.8) is 0 Å². The van der Waals surface area contributed by atoms with E-state index in [0.717, 1.165) is 24.1 Å². The molecule has 32 heavy (non-hydrogen) atoms. The number of rotatable bonds is 12. The van der Waals surface area contributed by atoms with Crippen LogP contribution >= 0.6 is 0 Å². The molecule has 5 atom stereocenters. The number of nitrogens with zero attached hydrogens (tertiary/aromatic N) is 3. The molecule has 12 nitrogen and oxygen atoms in total. The van der Waals surface area contributed by atoms with Crippen LogP contribution < -0.4 is 0 Å². The van der Waals surface area contributed by atoms with Gasteiger partial charge < -0.3 is 42.9 Å². The molecular formula is C16H37N3O9Si4. The number of aromatic nitrogens is 3. The maximum atomic E-state index is 10.0. The molecule has 5 N–H and O–H groups in total. The maximum Gasteiger partial charge on any atom is 0.320 e. The Bertz CT molecular complexity index is 681. The summed E-state index contributed by atoms with van der Waals surface area (Å²) in [7, 11) is -0.617. The molecule has 2 rings (SSSR count). The molecule has 1 fully saturated rings. The van der Waals surface area contributed by atoms with Gasteiger partial charge in [0.15, 0.2) is 6.29 Å². The Morgan fingerprint density at radius 2 is 1.88 bits per heavy atom. The van der Waals surface area contributed by atoms with Gasteiger partial charge >= 0.3 is 8.56 Å². The van der Waals surface area contributed by atoms with Crippen molar-refractivity contribution in [2.45, 2.75) is 69.3 Å². The zero-order valence-corrected chi connectivity index (χ0v) is 26.1. The van der Waals surface area contributed by atoms with E-state index in [1.165, 1.54) is 0 Å². The summed E-state index contributed by atoms with van der Waals surface area (Å²) in [5, 5.41) is 46.9. The summed E-state index contributed by atoms with van der Waals surface area (Å²) in [5.74, 6) is 0. The summed E-state index contributed by atoms with van der Waals surface area (Å²) in [4.78, 5) is 7.14. The third-order valence-corrected chi connectivity index (χ3v) is 13.3. The van der Waals surface area contributed by atoms with Crippen LogP contribution in [0, 0.1) is 0 Å². The lowest BCUT2D eigenvalue weighted by Crippen LogP contribution is -2.59. The SMILES string of the molecule is C=C(C)C[Si](CCCn1cc(COC2OC(CO)C(O)C(O)C2O)nn1)(O[SiH3])O[SiH3].O[SiH3]. The first-order valence-corrected chi connectivity index (χ1v) is 15.0. The molecule has 0 bridgehead atoms. The van der Waals surface area contributed by atoms with Crippen LogP contribution in [0.2, 0.25) is 12.1 Å². The zero-order chi connectivity index (χ0) is 24.3. The molecule has 0 spiro atoms. The van der Waals surface area contributed by atoms with Crippen LogP contribution in [0.5, 0.6) is 0 Å². The first-order chi connectivity index (χ1) is 15.2. The quantitative estimate of drug-likeness (QED) is 0.130. The predicted molar refractivity (Wildman–Crippen MR) is 128 cm³/mol. The summed E-state index contributed by atoms with van der Waals surface area (Å²) in [6.45, 7) is 6.10. The number of aliphatic hydroxyl groups excluding tert-OH is 4. The third kappa shape index (κ3) is 8.31. The highest BCUT2D eigenvalue weighted by Crippen LogP contribution is 2.24. The van der Waals surface area contributed by atoms with Crippen LogP contribution in [0.4, 0.5) is 0 Å². The molecule has 0 amide bonds. The van der Waals surface area contributed by atoms with Crippen LogP contribution in [-0.4, -0.2) is 118 Å². The summed E-state index contributed by atoms with van der Waals surface area (Å²) < 4.78 is 24.2. The molecule has 1 aliphatic rings. The lowest BCUT2D eigenvalue weighted by atomic mass is 9.99. The van der Waals surface area contributed by atoms with E-state index in [-0.39, 0.29) is 6.61 Å². The molecule has 5 unspecified atom stereocenters. The fraction of sp³-hybridized carbons (Fsp3) is 0.750. The van der Waals surface area contributed by atoms with Crippen molar-refractivity contribution in [2.24, 2.45) is 0 Å². The predicted octanol–water partition coefficient (Wildman–Crippen LogP) is -5.14. The van der Waals surface area contributed by atoms with Gasteiger partial charge in [-0.1, -0.05) is 10.8 Å². The minimum absolute atomic E-state index is 0.00954. The van der Waals surface area contributed by atoms with Crippen molar-refractivity contribution in [3.8, 4) is 0 Å². The van der Waals surface area contributed by atoms with Crippen molar-refractivity contribution in [3.05, 3.63) is 24.0 Å². The monoisotopic (exact) mass is 527 g/mol. The average molecular weight is 528 g/mol. The Balaban J connectivity index is 0.00000249. The lowest BCUT2D eigenvalue weighted by molar-refractivity contribution is -0.304. The molecule has 1 aromatic rings. The van der Waals surface area contributed by atoms with Gasteiger partial charge in [0.25, 0.3) is 0 Å². The van der Waals surface area contributed by atoms with Gasteiger partial charge in [0.1, 0.15) is 61.6 Å². The second-order valence-electron chi connectivity index (χ2n) is 7.54. The Labute approximate surface area is 198 Å². The van der Waals surface area contributed by atoms with E-state index in [0.29, 0.717) is 43.7 Å². The van der Waals surface area contributed by atoms with Gasteiger partial charge in [-0.3, -0.25) is 4.68 Å². The van der Waals surface area contributed by atoms with Gasteiger partial charge in [0.2, 0.25) is 0 Å². The molecule has 0 aliphatic carbocycles. The smallest absolute Gasteiger partial charge is 0.320 e. The summed E-state index contributed by atoms with van der Waals surface area (Å²) in [5.41, 5.74) is 1.59. The molecule has 2 heterocycles. The van der Waals surface area contributed by atoms with Crippen LogP contribution in [0.1, 0.15) is 19.0 Å². The van der Waals surface area contributed by atoms with Gasteiger partial charge in [-0.25, -0.2) is 0 Å². The van der Waals surface area contributed by atoms with Crippen LogP contribution in [0.3, 0.4) is 0 Å². The summed E-state index contributed by atoms with van der Waals surface area (Å²) >= 11 is 0. The van der Waals surface area contributed by atoms with E-state index in [2.05, 4.69) is 16.9 Å². The van der Waals surface area contributed by atoms with Gasteiger partial charge in [-0.2, -0.15) is 0 Å². The molecule has 1 saturated heterocycles. The Hall–Kier alpha value is -0.612. The molecule has 0 radical (unpaired) electrons. The van der Waals surface area contributed by atoms with Crippen molar-refractivity contribution in [2.75, 3.05) is 6.61 Å². The normalized spacial score (nSPS) is 27.6. The standard InChI is InChI=1S/C16H33N3O8Si3.H4OSi/c1-10(2)9-30(26-28,27-29)5-3-4-19-6-11(17-18-19)8-24-16-15(23)14(22)13(21)12(7-20)25-16;1-2/h6,12-16,20-23H,1,3-5,7-9H2,2,28-29H3;1H,2H3. The van der Waals surface area contributed by atoms with Crippen LogP contribution in [-0.2, 0) is 30.9 Å². The molecule has 0 saturated carbocycles. The van der Waals surface area contributed by atoms with Crippen molar-refractivity contribution < 1.29 is 42.9 Å². The van der Waals surface area contributed by atoms with E-state index in [9.17, 15) is 20.4 Å². The minimum Gasteiger partial charge on any atom is -0.445 e. The van der Waals surface area contributed by atoms with Crippen molar-refractivity contribution >= 4 is 40.0 Å². The number of hydrogen-bond donors (Lipinski definition) is 5. The Morgan fingerprint density at radius 3 is 2.44 bits per heavy atom. The molecule has 16 heteroatoms. The number of aliphatic hydroxyl groups is 4. The first kappa shape index (κ1) is 29.4. The number of aryl methyl sites for hydroxylation is 1. The number of ether oxygens (including phenoxy) is 2. The van der Waals surface area contributed by atoms with Gasteiger partial charge in [0, 0.05) is 12.6 Å². The number of allylic oxidation sites excluding steroid dienone is 1. The second-order valence-corrected chi connectivity index (χ2v) is 13.5. The largest absolute Gasteiger partial charge is 0.445 e. The zero-order valence-electron chi connectivity index (χ0n) is 19.1. The molecule has 186 valence electrons. The molecular weight excluding hydrogens is 491 g/mol. The fourth-order valence-electron chi connectivity index (χ4n) is 3.38. The average Bonchev–Trinajstić information content (AvgIpc) is 3.25. The van der Waals surface area contributed by atoms with E-state index in [1.54, 1.807) is 10.9 Å². The molecule has 0 aromatic carbocycles. The lowest BCUT2D eigenvalue weighted by Gasteiger charge is -2.39. The highest BCUT2D eigenvalue weighted by molar-refractivity contribution is 6.73. The highest BCUT2D eigenvalue weighted by atomic mass is 28.4. The third-order valence-electron chi connectivity index (χ3n) is 5.09. The second kappa shape index (κ2) is 14.6. The van der Waals surface area contributed by atoms with E-state index in [4.69, 9.17) is 22.5 Å². The fourth-order valence-corrected chi connectivity index (χ4v) is 10.1. The summed E-state index contributed by atoms with van der Waals surface area (Å²) in [6.07, 6.45) is -3.99. The Kier molecular flexibility index (Phi) is 13.4. The van der Waals surface area contributed by atoms with E-state index in [1.807, 2.05) is 6.92 Å². The van der Waals surface area contributed by atoms with Crippen LogP contribution in [0.15, 0.2) is 18.3 Å². The topological polar surface area (TPSA) is 169 Å². The number of hydrogen-bond acceptors (Lipinski definition) is 11. The van der Waals surface area contributed by atoms with Gasteiger partial charge in [-0.15, -0.1) is 11.7 Å². The van der Waals surface area contributed by atoms with Crippen molar-refractivity contribution in [1.82, 2.24) is 15.0 Å². The first-order valence-electron chi connectivity index (χ1n) is 10.3. The maximum absolute atomic E-state index is 10.0. The van der Waals surface area contributed by atoms with E-state index >= 15 is 0 Å². The van der Waals surface area contributed by atoms with Crippen LogP contribution in [0.25, 0.3) is 0 Å². The van der Waals surface area contributed by atoms with Gasteiger partial charge in [0.05, 0.1) is 19.4 Å². The molecule has 1 aliphatic heterocycles. The summed E-state index contributed by atoms with van der Waals surface area (Å²) in [6, 6.07) is 1.65. The minimum atomic E-state index is -2.19. The Morgan fingerprint density at radius 1 is 1.22 bits per heavy atom.